The van der Waals surface area contributed by atoms with Gasteiger partial charge in [-0.3, -0.25) is 14.7 Å². The summed E-state index contributed by atoms with van der Waals surface area (Å²) in [5.41, 5.74) is 1.73. The molecule has 0 bridgehead atoms. The first-order valence-electron chi connectivity index (χ1n) is 9.22. The topological polar surface area (TPSA) is 69.6 Å². The van der Waals surface area contributed by atoms with Crippen molar-refractivity contribution in [3.63, 3.8) is 0 Å². The molecular formula is C20H26N4O2. The number of piperazine rings is 1. The second-order valence-corrected chi connectivity index (χ2v) is 6.63. The molecule has 1 saturated heterocycles. The summed E-state index contributed by atoms with van der Waals surface area (Å²) in [6.07, 6.45) is 7.41. The smallest absolute Gasteiger partial charge is 0.274 e. The third-order valence-corrected chi connectivity index (χ3v) is 4.89. The molecule has 1 aliphatic rings. The number of aliphatic hydroxyl groups is 1. The largest absolute Gasteiger partial charge is 0.396 e. The number of aliphatic hydroxyl groups excluding tert-OH is 1. The highest BCUT2D eigenvalue weighted by Gasteiger charge is 2.29. The summed E-state index contributed by atoms with van der Waals surface area (Å²) >= 11 is 0. The second kappa shape index (κ2) is 9.40. The van der Waals surface area contributed by atoms with Crippen LogP contribution in [-0.4, -0.2) is 69.6 Å². The van der Waals surface area contributed by atoms with Gasteiger partial charge >= 0.3 is 0 Å². The highest BCUT2D eigenvalue weighted by atomic mass is 16.3. The van der Waals surface area contributed by atoms with E-state index in [1.165, 1.54) is 18.0 Å². The summed E-state index contributed by atoms with van der Waals surface area (Å²) < 4.78 is 0. The lowest BCUT2D eigenvalue weighted by atomic mass is 10.1. The molecule has 26 heavy (non-hydrogen) atoms. The first kappa shape index (κ1) is 18.5. The van der Waals surface area contributed by atoms with Crippen LogP contribution in [0.4, 0.5) is 0 Å². The van der Waals surface area contributed by atoms with Gasteiger partial charge in [-0.15, -0.1) is 0 Å². The van der Waals surface area contributed by atoms with Crippen LogP contribution in [0.2, 0.25) is 0 Å². The Balaban J connectivity index is 1.55. The lowest BCUT2D eigenvalue weighted by Gasteiger charge is -2.41. The van der Waals surface area contributed by atoms with Crippen molar-refractivity contribution in [3.8, 4) is 0 Å². The summed E-state index contributed by atoms with van der Waals surface area (Å²) in [5, 5.41) is 9.43. The first-order valence-corrected chi connectivity index (χ1v) is 9.22. The van der Waals surface area contributed by atoms with E-state index in [0.717, 1.165) is 25.9 Å². The van der Waals surface area contributed by atoms with Crippen molar-refractivity contribution < 1.29 is 9.90 Å². The maximum absolute atomic E-state index is 12.6. The predicted octanol–water partition coefficient (Wildman–Crippen LogP) is 1.62. The van der Waals surface area contributed by atoms with E-state index in [1.807, 2.05) is 11.0 Å². The van der Waals surface area contributed by atoms with Crippen molar-refractivity contribution in [1.82, 2.24) is 19.8 Å². The molecule has 0 aliphatic carbocycles. The number of aromatic nitrogens is 2. The molecule has 138 valence electrons. The minimum Gasteiger partial charge on any atom is -0.396 e. The first-order chi connectivity index (χ1) is 12.8. The molecule has 0 saturated carbocycles. The van der Waals surface area contributed by atoms with Crippen molar-refractivity contribution in [1.29, 1.82) is 0 Å². The summed E-state index contributed by atoms with van der Waals surface area (Å²) in [4.78, 5) is 24.9. The Morgan fingerprint density at radius 3 is 2.77 bits per heavy atom. The van der Waals surface area contributed by atoms with Gasteiger partial charge < -0.3 is 10.0 Å². The van der Waals surface area contributed by atoms with E-state index in [1.54, 1.807) is 6.20 Å². The number of aryl methyl sites for hydroxylation is 1. The highest BCUT2D eigenvalue weighted by molar-refractivity contribution is 5.92. The summed E-state index contributed by atoms with van der Waals surface area (Å²) in [7, 11) is 0. The number of carbonyl (C=O) groups excluding carboxylic acids is 1. The normalized spacial score (nSPS) is 18.0. The molecule has 3 rings (SSSR count). The minimum absolute atomic E-state index is 0.0787. The van der Waals surface area contributed by atoms with Gasteiger partial charge in [0.2, 0.25) is 0 Å². The second-order valence-electron chi connectivity index (χ2n) is 6.63. The molecule has 1 atom stereocenters. The molecule has 2 aromatic rings. The van der Waals surface area contributed by atoms with E-state index in [4.69, 9.17) is 0 Å². The third kappa shape index (κ3) is 4.86. The molecule has 6 nitrogen and oxygen atoms in total. The molecule has 1 aliphatic heterocycles. The van der Waals surface area contributed by atoms with Gasteiger partial charge in [0.05, 0.1) is 6.20 Å². The fourth-order valence-electron chi connectivity index (χ4n) is 3.50. The van der Waals surface area contributed by atoms with Crippen LogP contribution in [0.25, 0.3) is 0 Å². The average molecular weight is 354 g/mol. The lowest BCUT2D eigenvalue weighted by molar-refractivity contribution is 0.0414. The zero-order valence-electron chi connectivity index (χ0n) is 15.0. The fourth-order valence-corrected chi connectivity index (χ4v) is 3.50. The summed E-state index contributed by atoms with van der Waals surface area (Å²) in [6.45, 7) is 3.25. The number of benzene rings is 1. The van der Waals surface area contributed by atoms with Crippen LogP contribution in [0.5, 0.6) is 0 Å². The monoisotopic (exact) mass is 354 g/mol. The van der Waals surface area contributed by atoms with E-state index in [-0.39, 0.29) is 18.6 Å². The Labute approximate surface area is 154 Å². The highest BCUT2D eigenvalue weighted by Crippen LogP contribution is 2.16. The van der Waals surface area contributed by atoms with Gasteiger partial charge in [0.15, 0.2) is 0 Å². The van der Waals surface area contributed by atoms with Gasteiger partial charge in [-0.05, 0) is 31.4 Å². The van der Waals surface area contributed by atoms with Gasteiger partial charge in [-0.1, -0.05) is 30.3 Å². The molecule has 6 heteroatoms. The molecule has 1 fully saturated rings. The van der Waals surface area contributed by atoms with Crippen molar-refractivity contribution >= 4 is 5.91 Å². The van der Waals surface area contributed by atoms with E-state index in [0.29, 0.717) is 25.2 Å². The third-order valence-electron chi connectivity index (χ3n) is 4.89. The van der Waals surface area contributed by atoms with Crippen molar-refractivity contribution in [2.45, 2.75) is 25.3 Å². The molecule has 1 aromatic heterocycles. The lowest BCUT2D eigenvalue weighted by Crippen LogP contribution is -2.55. The standard InChI is InChI=1S/C20H26N4O2/c25-14-8-18-16-24(20(26)19-15-21-9-10-22-19)13-12-23(18)11-4-7-17-5-2-1-3-6-17/h1-3,5-6,9-10,15,18,25H,4,7-8,11-14,16H2/t18-/m1/s1. The fraction of sp³-hybridized carbons (Fsp3) is 0.450. The maximum Gasteiger partial charge on any atom is 0.274 e. The molecule has 0 unspecified atom stereocenters. The van der Waals surface area contributed by atoms with E-state index in [9.17, 15) is 9.90 Å². The van der Waals surface area contributed by atoms with Crippen LogP contribution in [0.1, 0.15) is 28.9 Å². The summed E-state index contributed by atoms with van der Waals surface area (Å²) in [6, 6.07) is 10.7. The maximum atomic E-state index is 12.6. The average Bonchev–Trinajstić information content (AvgIpc) is 2.70. The van der Waals surface area contributed by atoms with E-state index < -0.39 is 0 Å². The molecule has 1 N–H and O–H groups in total. The van der Waals surface area contributed by atoms with Crippen LogP contribution in [0.3, 0.4) is 0 Å². The minimum atomic E-state index is -0.0787. The zero-order valence-corrected chi connectivity index (χ0v) is 15.0. The van der Waals surface area contributed by atoms with Crippen LogP contribution < -0.4 is 0 Å². The van der Waals surface area contributed by atoms with Crippen molar-refractivity contribution in [3.05, 3.63) is 60.2 Å². The molecule has 1 amide bonds. The number of carbonyl (C=O) groups is 1. The van der Waals surface area contributed by atoms with Gasteiger partial charge in [0.25, 0.3) is 5.91 Å². The number of hydrogen-bond acceptors (Lipinski definition) is 5. The SMILES string of the molecule is O=C(c1cnccn1)N1CCN(CCCc2ccccc2)[C@H](CCO)C1. The Hall–Kier alpha value is -2.31. The van der Waals surface area contributed by atoms with Gasteiger partial charge in [0, 0.05) is 44.7 Å². The number of nitrogens with zero attached hydrogens (tertiary/aromatic N) is 4. The zero-order chi connectivity index (χ0) is 18.2. The van der Waals surface area contributed by atoms with E-state index >= 15 is 0 Å². The number of amides is 1. The Kier molecular flexibility index (Phi) is 6.68. The van der Waals surface area contributed by atoms with Gasteiger partial charge in [-0.25, -0.2) is 4.98 Å². The quantitative estimate of drug-likeness (QED) is 0.818. The van der Waals surface area contributed by atoms with Crippen LogP contribution >= 0.6 is 0 Å². The summed E-state index contributed by atoms with van der Waals surface area (Å²) in [5.74, 6) is -0.0787. The van der Waals surface area contributed by atoms with Crippen molar-refractivity contribution in [2.75, 3.05) is 32.8 Å². The van der Waals surface area contributed by atoms with Crippen LogP contribution in [0, 0.1) is 0 Å². The Morgan fingerprint density at radius 1 is 1.19 bits per heavy atom. The van der Waals surface area contributed by atoms with Crippen LogP contribution in [-0.2, 0) is 6.42 Å². The van der Waals surface area contributed by atoms with Gasteiger partial charge in [-0.2, -0.15) is 0 Å². The Morgan fingerprint density at radius 2 is 2.04 bits per heavy atom. The number of rotatable bonds is 7. The van der Waals surface area contributed by atoms with Crippen molar-refractivity contribution in [2.24, 2.45) is 0 Å². The molecular weight excluding hydrogens is 328 g/mol. The molecule has 1 aromatic carbocycles. The predicted molar refractivity (Wildman–Crippen MR) is 99.8 cm³/mol. The number of hydrogen-bond donors (Lipinski definition) is 1. The molecule has 0 spiro atoms. The Bertz CT molecular complexity index is 681. The van der Waals surface area contributed by atoms with Gasteiger partial charge in [0.1, 0.15) is 5.69 Å². The van der Waals surface area contributed by atoms with E-state index in [2.05, 4.69) is 39.1 Å². The molecule has 0 radical (unpaired) electrons. The van der Waals surface area contributed by atoms with Crippen LogP contribution in [0.15, 0.2) is 48.9 Å². The molecule has 2 heterocycles.